The maximum absolute atomic E-state index is 12.5. The Balaban J connectivity index is 3.34. The summed E-state index contributed by atoms with van der Waals surface area (Å²) >= 11 is 1.71. The van der Waals surface area contributed by atoms with Crippen molar-refractivity contribution in [3.05, 3.63) is 26.6 Å². The van der Waals surface area contributed by atoms with Crippen molar-refractivity contribution < 1.29 is 8.78 Å². The fraction of sp³-hybridized carbons (Fsp3) is 0.222. The van der Waals surface area contributed by atoms with E-state index < -0.39 is 6.43 Å². The second-order valence-electron chi connectivity index (χ2n) is 2.61. The molecule has 3 nitrogen and oxygen atoms in total. The zero-order valence-corrected chi connectivity index (χ0v) is 9.49. The molecule has 1 aromatic rings. The molecule has 0 aromatic carbocycles. The summed E-state index contributed by atoms with van der Waals surface area (Å²) in [7, 11) is 0. The highest BCUT2D eigenvalue weighted by Gasteiger charge is 2.19. The van der Waals surface area contributed by atoms with E-state index in [1.807, 2.05) is 6.07 Å². The van der Waals surface area contributed by atoms with Gasteiger partial charge in [-0.05, 0) is 28.7 Å². The molecule has 0 saturated heterocycles. The van der Waals surface area contributed by atoms with Crippen LogP contribution in [0.4, 0.5) is 8.78 Å². The topological polar surface area (TPSA) is 60.5 Å². The van der Waals surface area contributed by atoms with Crippen LogP contribution >= 0.6 is 22.6 Å². The molecule has 0 saturated carbocycles. The van der Waals surface area contributed by atoms with Crippen LogP contribution in [-0.4, -0.2) is 4.98 Å². The Kier molecular flexibility index (Phi) is 3.92. The average Bonchev–Trinajstić information content (AvgIpc) is 2.16. The third-order valence-corrected chi connectivity index (χ3v) is 2.54. The van der Waals surface area contributed by atoms with Gasteiger partial charge in [0.25, 0.3) is 6.43 Å². The monoisotopic (exact) mass is 319 g/mol. The molecule has 76 valence electrons. The van der Waals surface area contributed by atoms with Crippen molar-refractivity contribution in [3.8, 4) is 12.1 Å². The highest BCUT2D eigenvalue weighted by Crippen LogP contribution is 2.27. The lowest BCUT2D eigenvalue weighted by molar-refractivity contribution is 0.149. The maximum atomic E-state index is 12.5. The van der Waals surface area contributed by atoms with Gasteiger partial charge in [0.1, 0.15) is 6.07 Å². The van der Waals surface area contributed by atoms with E-state index in [4.69, 9.17) is 10.5 Å². The molecule has 0 N–H and O–H groups in total. The Morgan fingerprint density at radius 2 is 2.13 bits per heavy atom. The van der Waals surface area contributed by atoms with E-state index in [0.717, 1.165) is 0 Å². The molecule has 0 unspecified atom stereocenters. The molecule has 0 radical (unpaired) electrons. The first-order valence-corrected chi connectivity index (χ1v) is 4.92. The largest absolute Gasteiger partial charge is 0.267 e. The third kappa shape index (κ3) is 2.60. The van der Waals surface area contributed by atoms with E-state index in [2.05, 4.69) is 4.98 Å². The lowest BCUT2D eigenvalue weighted by Gasteiger charge is -2.06. The zero-order chi connectivity index (χ0) is 11.4. The Hall–Kier alpha value is -1.28. The highest BCUT2D eigenvalue weighted by molar-refractivity contribution is 14.1. The number of hydrogen-bond acceptors (Lipinski definition) is 3. The van der Waals surface area contributed by atoms with E-state index in [0.29, 0.717) is 5.69 Å². The summed E-state index contributed by atoms with van der Waals surface area (Å²) in [6.07, 6.45) is -2.72. The first kappa shape index (κ1) is 11.8. The van der Waals surface area contributed by atoms with Gasteiger partial charge < -0.3 is 0 Å². The Morgan fingerprint density at radius 3 is 2.60 bits per heavy atom. The van der Waals surface area contributed by atoms with Gasteiger partial charge in [0.15, 0.2) is 5.69 Å². The number of nitriles is 2. The minimum absolute atomic E-state index is 0.00813. The number of rotatable bonds is 2. The Bertz CT molecular complexity index is 460. The van der Waals surface area contributed by atoms with Crippen LogP contribution in [0, 0.1) is 26.2 Å². The summed E-state index contributed by atoms with van der Waals surface area (Å²) in [5.74, 6) is 0. The van der Waals surface area contributed by atoms with Crippen molar-refractivity contribution >= 4 is 22.6 Å². The number of aromatic nitrogens is 1. The Labute approximate surface area is 98.5 Å². The van der Waals surface area contributed by atoms with Crippen LogP contribution in [0.1, 0.15) is 23.4 Å². The zero-order valence-electron chi connectivity index (χ0n) is 7.34. The molecule has 1 heterocycles. The van der Waals surface area contributed by atoms with E-state index >= 15 is 0 Å². The van der Waals surface area contributed by atoms with Gasteiger partial charge in [0.2, 0.25) is 0 Å². The smallest absolute Gasteiger partial charge is 0.240 e. The van der Waals surface area contributed by atoms with Gasteiger partial charge in [-0.1, -0.05) is 0 Å². The van der Waals surface area contributed by atoms with Gasteiger partial charge in [-0.15, -0.1) is 0 Å². The lowest BCUT2D eigenvalue weighted by atomic mass is 10.1. The molecular weight excluding hydrogens is 315 g/mol. The molecule has 1 aromatic heterocycles. The second kappa shape index (κ2) is 4.99. The maximum Gasteiger partial charge on any atom is 0.267 e. The highest BCUT2D eigenvalue weighted by atomic mass is 127. The molecule has 0 spiro atoms. The fourth-order valence-electron chi connectivity index (χ4n) is 1.04. The average molecular weight is 319 g/mol. The summed E-state index contributed by atoms with van der Waals surface area (Å²) in [5, 5.41) is 17.1. The third-order valence-electron chi connectivity index (χ3n) is 1.65. The van der Waals surface area contributed by atoms with Crippen molar-refractivity contribution in [2.45, 2.75) is 12.8 Å². The molecule has 0 aliphatic carbocycles. The van der Waals surface area contributed by atoms with Crippen molar-refractivity contribution in [2.24, 2.45) is 0 Å². The van der Waals surface area contributed by atoms with Crippen molar-refractivity contribution in [2.75, 3.05) is 0 Å². The van der Waals surface area contributed by atoms with E-state index in [1.54, 1.807) is 28.7 Å². The summed E-state index contributed by atoms with van der Waals surface area (Å²) in [6.45, 7) is 0. The first-order valence-electron chi connectivity index (χ1n) is 3.84. The van der Waals surface area contributed by atoms with Crippen LogP contribution in [0.2, 0.25) is 0 Å². The van der Waals surface area contributed by atoms with Crippen molar-refractivity contribution in [3.63, 3.8) is 0 Å². The van der Waals surface area contributed by atoms with Gasteiger partial charge in [0, 0.05) is 3.57 Å². The minimum Gasteiger partial charge on any atom is -0.240 e. The van der Waals surface area contributed by atoms with Gasteiger partial charge in [0.05, 0.1) is 23.7 Å². The van der Waals surface area contributed by atoms with Gasteiger partial charge in [-0.2, -0.15) is 10.5 Å². The van der Waals surface area contributed by atoms with Gasteiger partial charge >= 0.3 is 0 Å². The molecule has 0 aliphatic rings. The second-order valence-corrected chi connectivity index (χ2v) is 3.77. The molecule has 0 amide bonds. The van der Waals surface area contributed by atoms with Crippen molar-refractivity contribution in [1.29, 1.82) is 10.5 Å². The van der Waals surface area contributed by atoms with Crippen LogP contribution in [0.3, 0.4) is 0 Å². The van der Waals surface area contributed by atoms with Crippen LogP contribution < -0.4 is 0 Å². The van der Waals surface area contributed by atoms with Gasteiger partial charge in [-0.25, -0.2) is 13.8 Å². The summed E-state index contributed by atoms with van der Waals surface area (Å²) in [6, 6.07) is 4.85. The summed E-state index contributed by atoms with van der Waals surface area (Å²) in [4.78, 5) is 3.69. The molecule has 1 rings (SSSR count). The molecule has 0 bridgehead atoms. The predicted molar refractivity (Wildman–Crippen MR) is 55.9 cm³/mol. The number of pyridine rings is 1. The molecule has 0 atom stereocenters. The number of alkyl halides is 2. The van der Waals surface area contributed by atoms with E-state index in [1.165, 1.54) is 6.07 Å². The molecule has 0 aliphatic heterocycles. The Morgan fingerprint density at radius 1 is 1.47 bits per heavy atom. The minimum atomic E-state index is -2.73. The van der Waals surface area contributed by atoms with Crippen LogP contribution in [0.5, 0.6) is 0 Å². The normalized spacial score (nSPS) is 9.73. The van der Waals surface area contributed by atoms with Gasteiger partial charge in [-0.3, -0.25) is 0 Å². The quantitative estimate of drug-likeness (QED) is 0.787. The standard InChI is InChI=1S/C9H4F2IN3/c10-9(11)8-6(12)3-5(1-2-13)15-7(8)4-14/h3,9H,1H2. The fourth-order valence-corrected chi connectivity index (χ4v) is 1.89. The number of halogens is 3. The van der Waals surface area contributed by atoms with Crippen molar-refractivity contribution in [1.82, 2.24) is 4.98 Å². The summed E-state index contributed by atoms with van der Waals surface area (Å²) < 4.78 is 25.3. The summed E-state index contributed by atoms with van der Waals surface area (Å²) in [5.41, 5.74) is -0.329. The molecule has 6 heteroatoms. The van der Waals surface area contributed by atoms with E-state index in [9.17, 15) is 8.78 Å². The molecule has 0 fully saturated rings. The predicted octanol–water partition coefficient (Wildman–Crippen LogP) is 2.56. The van der Waals surface area contributed by atoms with Crippen LogP contribution in [-0.2, 0) is 6.42 Å². The number of nitrogens with zero attached hydrogens (tertiary/aromatic N) is 3. The van der Waals surface area contributed by atoms with E-state index in [-0.39, 0.29) is 21.2 Å². The SMILES string of the molecule is N#CCc1cc(I)c(C(F)F)c(C#N)n1. The first-order chi connectivity index (χ1) is 7.10. The number of hydrogen-bond donors (Lipinski definition) is 0. The van der Waals surface area contributed by atoms with Crippen LogP contribution in [0.25, 0.3) is 0 Å². The molecule has 15 heavy (non-hydrogen) atoms. The van der Waals surface area contributed by atoms with Crippen LogP contribution in [0.15, 0.2) is 6.07 Å². The molecular formula is C9H4F2IN3. The lowest BCUT2D eigenvalue weighted by Crippen LogP contribution is -2.02.